The predicted molar refractivity (Wildman–Crippen MR) is 122 cm³/mol. The van der Waals surface area contributed by atoms with Crippen LogP contribution in [-0.4, -0.2) is 34.7 Å². The van der Waals surface area contributed by atoms with Crippen molar-refractivity contribution in [2.45, 2.75) is 17.4 Å². The molecule has 4 rings (SSSR count). The molecule has 1 atom stereocenters. The Labute approximate surface area is 182 Å². The zero-order chi connectivity index (χ0) is 21.1. The number of halogens is 1. The fourth-order valence-corrected chi connectivity index (χ4v) is 4.82. The van der Waals surface area contributed by atoms with Gasteiger partial charge in [0.25, 0.3) is 10.0 Å². The van der Waals surface area contributed by atoms with Crippen LogP contribution in [0, 0.1) is 0 Å². The second kappa shape index (κ2) is 8.68. The topological polar surface area (TPSA) is 58.6 Å². The molecule has 0 bridgehead atoms. The lowest BCUT2D eigenvalue weighted by molar-refractivity contribution is 0.121. The Morgan fingerprint density at radius 2 is 1.73 bits per heavy atom. The predicted octanol–water partition coefficient (Wildman–Crippen LogP) is 5.03. The second-order valence-corrected chi connectivity index (χ2v) is 9.40. The molecular formula is C23H23ClN2O3S. The first-order chi connectivity index (χ1) is 14.4. The molecule has 3 aromatic carbocycles. The summed E-state index contributed by atoms with van der Waals surface area (Å²) in [4.78, 5) is 2.45. The zero-order valence-corrected chi connectivity index (χ0v) is 18.2. The molecule has 0 amide bonds. The minimum absolute atomic E-state index is 0.210. The van der Waals surface area contributed by atoms with Crippen LogP contribution < -0.4 is 9.62 Å². The van der Waals surface area contributed by atoms with Crippen LogP contribution in [0.25, 0.3) is 11.1 Å². The van der Waals surface area contributed by atoms with E-state index < -0.39 is 10.0 Å². The molecule has 1 aliphatic heterocycles. The molecule has 1 heterocycles. The summed E-state index contributed by atoms with van der Waals surface area (Å²) < 4.78 is 33.9. The number of anilines is 2. The Balaban J connectivity index is 1.50. The molecular weight excluding hydrogens is 420 g/mol. The summed E-state index contributed by atoms with van der Waals surface area (Å²) in [5.41, 5.74) is 3.30. The van der Waals surface area contributed by atoms with Gasteiger partial charge in [-0.2, -0.15) is 0 Å². The number of sulfonamides is 1. The Morgan fingerprint density at radius 1 is 1.00 bits per heavy atom. The van der Waals surface area contributed by atoms with Crippen molar-refractivity contribution >= 4 is 33.0 Å². The van der Waals surface area contributed by atoms with E-state index in [4.69, 9.17) is 16.3 Å². The zero-order valence-electron chi connectivity index (χ0n) is 16.6. The van der Waals surface area contributed by atoms with Gasteiger partial charge in [0, 0.05) is 36.6 Å². The summed E-state index contributed by atoms with van der Waals surface area (Å²) in [6.45, 7) is 1.78. The molecule has 1 saturated heterocycles. The lowest BCUT2D eigenvalue weighted by atomic mass is 10.1. The highest BCUT2D eigenvalue weighted by atomic mass is 35.5. The molecule has 1 fully saturated rings. The summed E-state index contributed by atoms with van der Waals surface area (Å²) in [6, 6.07) is 21.6. The average Bonchev–Trinajstić information content (AvgIpc) is 3.24. The number of rotatable bonds is 6. The number of methoxy groups -OCH3 is 1. The molecule has 30 heavy (non-hydrogen) atoms. The lowest BCUT2D eigenvalue weighted by Crippen LogP contribution is -2.22. The van der Waals surface area contributed by atoms with Gasteiger partial charge in [-0.1, -0.05) is 35.9 Å². The highest BCUT2D eigenvalue weighted by Crippen LogP contribution is 2.27. The third kappa shape index (κ3) is 4.61. The average molecular weight is 443 g/mol. The van der Waals surface area contributed by atoms with Gasteiger partial charge in [-0.25, -0.2) is 8.42 Å². The van der Waals surface area contributed by atoms with Crippen LogP contribution in [0.1, 0.15) is 6.42 Å². The van der Waals surface area contributed by atoms with Crippen LogP contribution in [0.4, 0.5) is 11.4 Å². The molecule has 156 valence electrons. The SMILES string of the molecule is CO[C@@H]1CCN(c2ccc(NS(=O)(=O)c3cccc(-c4ccc(Cl)cc4)c3)cc2)C1. The molecule has 0 saturated carbocycles. The molecule has 7 heteroatoms. The standard InChI is InChI=1S/C23H23ClN2O3S/c1-29-22-13-14-26(16-22)21-11-9-20(10-12-21)25-30(27,28)23-4-2-3-18(15-23)17-5-7-19(24)8-6-17/h2-12,15,22,25H,13-14,16H2,1H3/t22-/m1/s1. The van der Waals surface area contributed by atoms with Crippen molar-refractivity contribution in [1.29, 1.82) is 0 Å². The molecule has 0 aromatic heterocycles. The van der Waals surface area contributed by atoms with E-state index in [1.54, 1.807) is 49.6 Å². The maximum Gasteiger partial charge on any atom is 0.261 e. The van der Waals surface area contributed by atoms with E-state index in [9.17, 15) is 8.42 Å². The van der Waals surface area contributed by atoms with Gasteiger partial charge in [0.2, 0.25) is 0 Å². The Kier molecular flexibility index (Phi) is 5.99. The normalized spacial score (nSPS) is 16.6. The minimum Gasteiger partial charge on any atom is -0.380 e. The van der Waals surface area contributed by atoms with Gasteiger partial charge >= 0.3 is 0 Å². The molecule has 0 radical (unpaired) electrons. The number of hydrogen-bond acceptors (Lipinski definition) is 4. The van der Waals surface area contributed by atoms with E-state index in [-0.39, 0.29) is 11.0 Å². The van der Waals surface area contributed by atoms with E-state index in [0.29, 0.717) is 10.7 Å². The first kappa shape index (κ1) is 20.7. The van der Waals surface area contributed by atoms with Crippen LogP contribution >= 0.6 is 11.6 Å². The Hall–Kier alpha value is -2.54. The summed E-state index contributed by atoms with van der Waals surface area (Å²) in [5, 5.41) is 0.638. The molecule has 3 aromatic rings. The Bertz CT molecular complexity index is 1120. The molecule has 5 nitrogen and oxygen atoms in total. The lowest BCUT2D eigenvalue weighted by Gasteiger charge is -2.19. The van der Waals surface area contributed by atoms with E-state index in [1.807, 2.05) is 30.3 Å². The molecule has 1 aliphatic rings. The molecule has 0 unspecified atom stereocenters. The minimum atomic E-state index is -3.71. The van der Waals surface area contributed by atoms with Crippen molar-refractivity contribution in [2.24, 2.45) is 0 Å². The smallest absolute Gasteiger partial charge is 0.261 e. The number of ether oxygens (including phenoxy) is 1. The molecule has 0 spiro atoms. The van der Waals surface area contributed by atoms with Crippen molar-refractivity contribution in [3.8, 4) is 11.1 Å². The van der Waals surface area contributed by atoms with Crippen LogP contribution in [0.5, 0.6) is 0 Å². The van der Waals surface area contributed by atoms with E-state index in [1.165, 1.54) is 0 Å². The largest absolute Gasteiger partial charge is 0.380 e. The maximum absolute atomic E-state index is 12.9. The highest BCUT2D eigenvalue weighted by Gasteiger charge is 2.22. The van der Waals surface area contributed by atoms with Crippen LogP contribution in [0.2, 0.25) is 5.02 Å². The summed E-state index contributed by atoms with van der Waals surface area (Å²) in [5.74, 6) is 0. The number of nitrogens with one attached hydrogen (secondary N) is 1. The number of nitrogens with zero attached hydrogens (tertiary/aromatic N) is 1. The quantitative estimate of drug-likeness (QED) is 0.581. The second-order valence-electron chi connectivity index (χ2n) is 7.28. The van der Waals surface area contributed by atoms with Gasteiger partial charge in [-0.3, -0.25) is 4.72 Å². The van der Waals surface area contributed by atoms with Gasteiger partial charge in [-0.15, -0.1) is 0 Å². The molecule has 1 N–H and O–H groups in total. The highest BCUT2D eigenvalue weighted by molar-refractivity contribution is 7.92. The van der Waals surface area contributed by atoms with Crippen molar-refractivity contribution in [2.75, 3.05) is 29.8 Å². The fraction of sp³-hybridized carbons (Fsp3) is 0.217. The van der Waals surface area contributed by atoms with Crippen molar-refractivity contribution in [1.82, 2.24) is 0 Å². The summed E-state index contributed by atoms with van der Waals surface area (Å²) in [6.07, 6.45) is 1.24. The van der Waals surface area contributed by atoms with Gasteiger partial charge in [-0.05, 0) is 66.1 Å². The maximum atomic E-state index is 12.9. The van der Waals surface area contributed by atoms with Crippen molar-refractivity contribution in [3.63, 3.8) is 0 Å². The first-order valence-corrected chi connectivity index (χ1v) is 11.6. The van der Waals surface area contributed by atoms with Crippen LogP contribution in [-0.2, 0) is 14.8 Å². The van der Waals surface area contributed by atoms with Gasteiger partial charge in [0.15, 0.2) is 0 Å². The Morgan fingerprint density at radius 3 is 2.40 bits per heavy atom. The summed E-state index contributed by atoms with van der Waals surface area (Å²) >= 11 is 5.95. The monoisotopic (exact) mass is 442 g/mol. The third-order valence-corrected chi connectivity index (χ3v) is 6.92. The number of hydrogen-bond donors (Lipinski definition) is 1. The third-order valence-electron chi connectivity index (χ3n) is 5.28. The van der Waals surface area contributed by atoms with Crippen LogP contribution in [0.15, 0.2) is 77.7 Å². The fourth-order valence-electron chi connectivity index (χ4n) is 3.59. The van der Waals surface area contributed by atoms with Crippen molar-refractivity contribution < 1.29 is 13.2 Å². The van der Waals surface area contributed by atoms with Gasteiger partial charge in [0.1, 0.15) is 0 Å². The summed E-state index contributed by atoms with van der Waals surface area (Å²) in [7, 11) is -1.98. The van der Waals surface area contributed by atoms with Crippen molar-refractivity contribution in [3.05, 3.63) is 77.8 Å². The van der Waals surface area contributed by atoms with E-state index in [0.717, 1.165) is 36.3 Å². The van der Waals surface area contributed by atoms with E-state index in [2.05, 4.69) is 9.62 Å². The molecule has 0 aliphatic carbocycles. The van der Waals surface area contributed by atoms with Gasteiger partial charge < -0.3 is 9.64 Å². The van der Waals surface area contributed by atoms with Gasteiger partial charge in [0.05, 0.1) is 11.0 Å². The number of benzene rings is 3. The van der Waals surface area contributed by atoms with E-state index >= 15 is 0 Å². The first-order valence-electron chi connectivity index (χ1n) is 9.71. The van der Waals surface area contributed by atoms with Crippen LogP contribution in [0.3, 0.4) is 0 Å².